The van der Waals surface area contributed by atoms with Crippen molar-refractivity contribution in [3.8, 4) is 16.8 Å². The molecule has 6 nitrogen and oxygen atoms in total. The van der Waals surface area contributed by atoms with Gasteiger partial charge >= 0.3 is 0 Å². The zero-order valence-electron chi connectivity index (χ0n) is 17.4. The molecule has 3 aromatic heterocycles. The molecular weight excluding hydrogens is 386 g/mol. The Morgan fingerprint density at radius 3 is 2.58 bits per heavy atom. The molecule has 0 N–H and O–H groups in total. The van der Waals surface area contributed by atoms with Gasteiger partial charge in [0.15, 0.2) is 0 Å². The minimum absolute atomic E-state index is 0.0434. The van der Waals surface area contributed by atoms with E-state index in [1.54, 1.807) is 10.7 Å². The highest BCUT2D eigenvalue weighted by molar-refractivity contribution is 6.05. The molecule has 0 amide bonds. The number of nitrogens with zero attached hydrogens (tertiary/aromatic N) is 5. The van der Waals surface area contributed by atoms with Crippen molar-refractivity contribution in [1.82, 2.24) is 24.2 Å². The summed E-state index contributed by atoms with van der Waals surface area (Å²) in [5.41, 5.74) is 7.28. The summed E-state index contributed by atoms with van der Waals surface area (Å²) in [6.07, 6.45) is 5.69. The van der Waals surface area contributed by atoms with Crippen LogP contribution in [0.25, 0.3) is 38.6 Å². The summed E-state index contributed by atoms with van der Waals surface area (Å²) < 4.78 is 3.61. The van der Waals surface area contributed by atoms with Gasteiger partial charge in [0, 0.05) is 60.6 Å². The van der Waals surface area contributed by atoms with Gasteiger partial charge in [-0.05, 0) is 54.1 Å². The van der Waals surface area contributed by atoms with Crippen LogP contribution >= 0.6 is 0 Å². The number of fused-ring (bicyclic) bond motifs is 4. The molecule has 0 bridgehead atoms. The van der Waals surface area contributed by atoms with Gasteiger partial charge in [-0.15, -0.1) is 0 Å². The molecule has 5 aromatic rings. The summed E-state index contributed by atoms with van der Waals surface area (Å²) in [5.74, 6) is 0. The SMILES string of the molecule is CN1Cc2ccc(-n3c(=O)ccc4cnc5ccc(-c6cnn(C)c6)cc5c43)cc2C1. The lowest BCUT2D eigenvalue weighted by molar-refractivity contribution is 0.353. The highest BCUT2D eigenvalue weighted by atomic mass is 16.1. The highest BCUT2D eigenvalue weighted by Gasteiger charge is 2.18. The second-order valence-electron chi connectivity index (χ2n) is 8.33. The Morgan fingerprint density at radius 1 is 0.871 bits per heavy atom. The van der Waals surface area contributed by atoms with E-state index in [9.17, 15) is 4.79 Å². The van der Waals surface area contributed by atoms with Gasteiger partial charge in [0.2, 0.25) is 0 Å². The maximum Gasteiger partial charge on any atom is 0.255 e. The highest BCUT2D eigenvalue weighted by Crippen LogP contribution is 2.30. The number of aryl methyl sites for hydroxylation is 1. The summed E-state index contributed by atoms with van der Waals surface area (Å²) in [7, 11) is 4.02. The second-order valence-corrected chi connectivity index (χ2v) is 8.33. The number of pyridine rings is 2. The predicted octanol–water partition coefficient (Wildman–Crippen LogP) is 3.88. The molecule has 0 saturated carbocycles. The van der Waals surface area contributed by atoms with E-state index in [4.69, 9.17) is 0 Å². The van der Waals surface area contributed by atoms with Crippen molar-refractivity contribution in [3.05, 3.63) is 88.6 Å². The van der Waals surface area contributed by atoms with Gasteiger partial charge in [0.25, 0.3) is 5.56 Å². The van der Waals surface area contributed by atoms with Gasteiger partial charge in [-0.2, -0.15) is 5.10 Å². The number of benzene rings is 2. The molecule has 152 valence electrons. The predicted molar refractivity (Wildman–Crippen MR) is 122 cm³/mol. The summed E-state index contributed by atoms with van der Waals surface area (Å²) in [6.45, 7) is 1.84. The monoisotopic (exact) mass is 407 g/mol. The molecule has 6 rings (SSSR count). The molecular formula is C25H21N5O. The van der Waals surface area contributed by atoms with Gasteiger partial charge in [-0.25, -0.2) is 0 Å². The average molecular weight is 407 g/mol. The van der Waals surface area contributed by atoms with Crippen molar-refractivity contribution in [2.45, 2.75) is 13.1 Å². The quantitative estimate of drug-likeness (QED) is 0.417. The van der Waals surface area contributed by atoms with Crippen molar-refractivity contribution < 1.29 is 0 Å². The van der Waals surface area contributed by atoms with Crippen molar-refractivity contribution >= 4 is 21.8 Å². The third-order valence-electron chi connectivity index (χ3n) is 6.08. The largest absolute Gasteiger partial charge is 0.298 e. The van der Waals surface area contributed by atoms with E-state index >= 15 is 0 Å². The molecule has 4 heterocycles. The lowest BCUT2D eigenvalue weighted by Crippen LogP contribution is -2.18. The average Bonchev–Trinajstić information content (AvgIpc) is 3.37. The number of aromatic nitrogens is 4. The third-order valence-corrected chi connectivity index (χ3v) is 6.08. The normalized spacial score (nSPS) is 13.9. The maximum atomic E-state index is 13.1. The fourth-order valence-electron chi connectivity index (χ4n) is 4.61. The first-order chi connectivity index (χ1) is 15.1. The number of hydrogen-bond donors (Lipinski definition) is 0. The van der Waals surface area contributed by atoms with Gasteiger partial charge in [-0.3, -0.25) is 23.9 Å². The van der Waals surface area contributed by atoms with E-state index in [0.29, 0.717) is 0 Å². The minimum atomic E-state index is -0.0434. The maximum absolute atomic E-state index is 13.1. The Labute approximate surface area is 179 Å². The first-order valence-electron chi connectivity index (χ1n) is 10.3. The lowest BCUT2D eigenvalue weighted by Gasteiger charge is -2.14. The number of rotatable bonds is 2. The molecule has 0 atom stereocenters. The standard InChI is InChI=1S/C25H21N5O/c1-28-13-18-3-6-21(9-19(18)14-28)30-24(31)8-5-17-11-26-23-7-4-16(10-22(23)25(17)30)20-12-27-29(2)15-20/h3-12,15H,13-14H2,1-2H3. The molecule has 0 spiro atoms. The topological polar surface area (TPSA) is 56.0 Å². The van der Waals surface area contributed by atoms with E-state index in [2.05, 4.69) is 52.4 Å². The van der Waals surface area contributed by atoms with E-state index < -0.39 is 0 Å². The summed E-state index contributed by atoms with van der Waals surface area (Å²) in [6, 6.07) is 16.0. The zero-order valence-corrected chi connectivity index (χ0v) is 17.4. The molecule has 1 aliphatic heterocycles. The summed E-state index contributed by atoms with van der Waals surface area (Å²) in [5, 5.41) is 6.19. The molecule has 0 aliphatic carbocycles. The van der Waals surface area contributed by atoms with Crippen LogP contribution in [-0.4, -0.2) is 31.3 Å². The lowest BCUT2D eigenvalue weighted by atomic mass is 10.0. The van der Waals surface area contributed by atoms with Crippen LogP contribution in [0.2, 0.25) is 0 Å². The van der Waals surface area contributed by atoms with Crippen molar-refractivity contribution in [2.75, 3.05) is 7.05 Å². The Hall–Kier alpha value is -3.77. The van der Waals surface area contributed by atoms with Crippen LogP contribution < -0.4 is 5.56 Å². The van der Waals surface area contributed by atoms with Crippen LogP contribution in [0.1, 0.15) is 11.1 Å². The fraction of sp³-hybridized carbons (Fsp3) is 0.160. The van der Waals surface area contributed by atoms with Gasteiger partial charge in [-0.1, -0.05) is 12.1 Å². The van der Waals surface area contributed by atoms with Crippen LogP contribution in [0, 0.1) is 0 Å². The molecule has 31 heavy (non-hydrogen) atoms. The van der Waals surface area contributed by atoms with Crippen LogP contribution in [0.3, 0.4) is 0 Å². The molecule has 1 aliphatic rings. The Kier molecular flexibility index (Phi) is 3.85. The fourth-order valence-corrected chi connectivity index (χ4v) is 4.61. The first kappa shape index (κ1) is 18.0. The van der Waals surface area contributed by atoms with E-state index in [-0.39, 0.29) is 5.56 Å². The van der Waals surface area contributed by atoms with Gasteiger partial charge in [0.1, 0.15) is 0 Å². The van der Waals surface area contributed by atoms with Gasteiger partial charge < -0.3 is 0 Å². The Balaban J connectivity index is 1.66. The van der Waals surface area contributed by atoms with Crippen LogP contribution in [0.4, 0.5) is 0 Å². The minimum Gasteiger partial charge on any atom is -0.298 e. The first-order valence-corrected chi connectivity index (χ1v) is 10.3. The molecule has 6 heteroatoms. The van der Waals surface area contributed by atoms with E-state index in [1.165, 1.54) is 11.1 Å². The summed E-state index contributed by atoms with van der Waals surface area (Å²) >= 11 is 0. The van der Waals surface area contributed by atoms with Crippen LogP contribution in [-0.2, 0) is 20.1 Å². The van der Waals surface area contributed by atoms with E-state index in [0.717, 1.165) is 51.7 Å². The third kappa shape index (κ3) is 2.87. The molecule has 0 fully saturated rings. The van der Waals surface area contributed by atoms with Crippen molar-refractivity contribution in [1.29, 1.82) is 0 Å². The van der Waals surface area contributed by atoms with E-state index in [1.807, 2.05) is 42.3 Å². The van der Waals surface area contributed by atoms with Crippen molar-refractivity contribution in [3.63, 3.8) is 0 Å². The smallest absolute Gasteiger partial charge is 0.255 e. The molecule has 0 saturated heterocycles. The zero-order chi connectivity index (χ0) is 21.1. The summed E-state index contributed by atoms with van der Waals surface area (Å²) in [4.78, 5) is 20.0. The van der Waals surface area contributed by atoms with Crippen LogP contribution in [0.15, 0.2) is 71.9 Å². The van der Waals surface area contributed by atoms with Gasteiger partial charge in [0.05, 0.1) is 17.2 Å². The number of hydrogen-bond acceptors (Lipinski definition) is 4. The molecule has 0 unspecified atom stereocenters. The molecule has 2 aromatic carbocycles. The second kappa shape index (κ2) is 6.62. The van der Waals surface area contributed by atoms with Crippen molar-refractivity contribution in [2.24, 2.45) is 7.05 Å². The Bertz CT molecular complexity index is 1550. The van der Waals surface area contributed by atoms with Crippen LogP contribution in [0.5, 0.6) is 0 Å². The molecule has 0 radical (unpaired) electrons. The Morgan fingerprint density at radius 2 is 1.74 bits per heavy atom.